The van der Waals surface area contributed by atoms with Crippen molar-refractivity contribution in [1.29, 1.82) is 0 Å². The molecule has 4 saturated carbocycles. The van der Waals surface area contributed by atoms with E-state index in [0.29, 0.717) is 41.5 Å². The van der Waals surface area contributed by atoms with Crippen LogP contribution in [-0.2, 0) is 4.74 Å². The van der Waals surface area contributed by atoms with E-state index in [0.717, 1.165) is 55.3 Å². The number of fused-ring (bicyclic) bond motifs is 7. The lowest BCUT2D eigenvalue weighted by molar-refractivity contribution is -0.130. The minimum atomic E-state index is -0.0425. The number of aliphatic hydroxyl groups is 2. The Bertz CT molecular complexity index is 636. The van der Waals surface area contributed by atoms with E-state index in [9.17, 15) is 10.2 Å². The van der Waals surface area contributed by atoms with Gasteiger partial charge in [-0.3, -0.25) is 0 Å². The predicted octanol–water partition coefficient (Wildman–Crippen LogP) is 5.43. The van der Waals surface area contributed by atoms with Gasteiger partial charge < -0.3 is 14.9 Å². The summed E-state index contributed by atoms with van der Waals surface area (Å²) in [5, 5.41) is 19.7. The second-order valence-electron chi connectivity index (χ2n) is 12.8. The van der Waals surface area contributed by atoms with Crippen molar-refractivity contribution in [3.8, 4) is 0 Å². The van der Waals surface area contributed by atoms with Gasteiger partial charge >= 0.3 is 0 Å². The highest BCUT2D eigenvalue weighted by Gasteiger charge is 2.65. The zero-order chi connectivity index (χ0) is 21.3. The first-order valence-electron chi connectivity index (χ1n) is 13.2. The fourth-order valence-electron chi connectivity index (χ4n) is 9.79. The Labute approximate surface area is 184 Å². The lowest BCUT2D eigenvalue weighted by Crippen LogP contribution is -2.54. The molecule has 5 aliphatic rings. The summed E-state index contributed by atoms with van der Waals surface area (Å²) in [4.78, 5) is 0. The molecular weight excluding hydrogens is 372 g/mol. The van der Waals surface area contributed by atoms with Gasteiger partial charge in [-0.15, -0.1) is 0 Å². The van der Waals surface area contributed by atoms with Gasteiger partial charge in [0, 0.05) is 6.61 Å². The molecule has 2 N–H and O–H groups in total. The minimum Gasteiger partial charge on any atom is -0.396 e. The van der Waals surface area contributed by atoms with Crippen LogP contribution in [-0.4, -0.2) is 35.1 Å². The first-order valence-corrected chi connectivity index (χ1v) is 13.2. The highest BCUT2D eigenvalue weighted by atomic mass is 16.5. The maximum atomic E-state index is 10.3. The van der Waals surface area contributed by atoms with Crippen LogP contribution in [0.1, 0.15) is 91.9 Å². The Morgan fingerprint density at radius 1 is 1.00 bits per heavy atom. The molecule has 172 valence electrons. The van der Waals surface area contributed by atoms with Gasteiger partial charge in [-0.25, -0.2) is 0 Å². The van der Waals surface area contributed by atoms with Crippen molar-refractivity contribution in [2.75, 3.05) is 6.61 Å². The summed E-state index contributed by atoms with van der Waals surface area (Å²) >= 11 is 0. The molecule has 4 aliphatic carbocycles. The van der Waals surface area contributed by atoms with Crippen LogP contribution in [0.25, 0.3) is 0 Å². The van der Waals surface area contributed by atoms with E-state index in [4.69, 9.17) is 4.74 Å². The first-order chi connectivity index (χ1) is 14.3. The Balaban J connectivity index is 1.32. The van der Waals surface area contributed by atoms with Gasteiger partial charge in [0.1, 0.15) is 0 Å². The summed E-state index contributed by atoms with van der Waals surface area (Å²) in [5.41, 5.74) is 0.927. The van der Waals surface area contributed by atoms with Crippen LogP contribution in [0.15, 0.2) is 0 Å². The minimum absolute atomic E-state index is 0.0425. The Morgan fingerprint density at radius 3 is 2.53 bits per heavy atom. The Morgan fingerprint density at radius 2 is 1.77 bits per heavy atom. The molecule has 5 rings (SSSR count). The molecule has 0 aromatic rings. The zero-order valence-corrected chi connectivity index (χ0v) is 19.9. The van der Waals surface area contributed by atoms with Crippen molar-refractivity contribution >= 4 is 0 Å². The molecule has 0 bridgehead atoms. The smallest absolute Gasteiger partial charge is 0.0618 e. The van der Waals surface area contributed by atoms with E-state index in [-0.39, 0.29) is 6.10 Å². The summed E-state index contributed by atoms with van der Waals surface area (Å²) in [5.74, 6) is 5.13. The molecule has 3 heteroatoms. The molecule has 0 radical (unpaired) electrons. The SMILES string of the molecule is C[C@@H](CO)CC[C@H]1O[C@H]2C[C@H]3[C@@H]4CC[C@H]5C[C@@H](O)CC[C@]5(C)[C@H]4CC[C@]3(C)[C@H]2[C@H]1C. The van der Waals surface area contributed by atoms with E-state index in [1.807, 2.05) is 0 Å². The maximum absolute atomic E-state index is 10.3. The zero-order valence-electron chi connectivity index (χ0n) is 19.9. The molecule has 0 unspecified atom stereocenters. The van der Waals surface area contributed by atoms with Gasteiger partial charge in [0.05, 0.1) is 18.3 Å². The second kappa shape index (κ2) is 7.73. The highest BCUT2D eigenvalue weighted by Crippen LogP contribution is 2.70. The molecule has 0 amide bonds. The Kier molecular flexibility index (Phi) is 5.60. The molecular formula is C27H46O3. The first kappa shape index (κ1) is 21.7. The van der Waals surface area contributed by atoms with Gasteiger partial charge in [0.25, 0.3) is 0 Å². The fraction of sp³-hybridized carbons (Fsp3) is 1.00. The molecule has 1 heterocycles. The monoisotopic (exact) mass is 418 g/mol. The normalized spacial score (nSPS) is 56.0. The summed E-state index contributed by atoms with van der Waals surface area (Å²) in [7, 11) is 0. The second-order valence-corrected chi connectivity index (χ2v) is 12.8. The van der Waals surface area contributed by atoms with Gasteiger partial charge in [0.2, 0.25) is 0 Å². The number of ether oxygens (including phenoxy) is 1. The standard InChI is InChI=1S/C27H46O3/c1-16(15-28)5-8-23-17(2)25-24(30-23)14-22-20-7-6-18-13-19(29)9-11-26(18,3)21(20)10-12-27(22,25)4/h16-25,28-29H,5-15H2,1-4H3/t16-,17+,18+,19+,20-,21+,22+,23-,24+,25+,26+,27+/m1/s1. The van der Waals surface area contributed by atoms with Crippen molar-refractivity contribution < 1.29 is 14.9 Å². The summed E-state index contributed by atoms with van der Waals surface area (Å²) < 4.78 is 6.76. The van der Waals surface area contributed by atoms with E-state index in [2.05, 4.69) is 27.7 Å². The molecule has 1 saturated heterocycles. The number of hydrogen-bond donors (Lipinski definition) is 2. The van der Waals surface area contributed by atoms with E-state index >= 15 is 0 Å². The third kappa shape index (κ3) is 3.16. The van der Waals surface area contributed by atoms with Crippen molar-refractivity contribution in [3.05, 3.63) is 0 Å². The van der Waals surface area contributed by atoms with Gasteiger partial charge in [-0.2, -0.15) is 0 Å². The summed E-state index contributed by atoms with van der Waals surface area (Å²) in [6.45, 7) is 10.2. The van der Waals surface area contributed by atoms with Crippen LogP contribution in [0.2, 0.25) is 0 Å². The maximum Gasteiger partial charge on any atom is 0.0618 e. The molecule has 0 spiro atoms. The molecule has 1 aliphatic heterocycles. The molecule has 5 fully saturated rings. The van der Waals surface area contributed by atoms with Crippen molar-refractivity contribution in [2.45, 2.75) is 110 Å². The van der Waals surface area contributed by atoms with Gasteiger partial charge in [-0.05, 0) is 116 Å². The topological polar surface area (TPSA) is 49.7 Å². The van der Waals surface area contributed by atoms with Crippen LogP contribution in [0, 0.1) is 52.3 Å². The molecule has 0 aromatic carbocycles. The predicted molar refractivity (Wildman–Crippen MR) is 120 cm³/mol. The van der Waals surface area contributed by atoms with Crippen LogP contribution in [0.4, 0.5) is 0 Å². The van der Waals surface area contributed by atoms with Gasteiger partial charge in [0.15, 0.2) is 0 Å². The summed E-state index contributed by atoms with van der Waals surface area (Å²) in [6, 6.07) is 0. The van der Waals surface area contributed by atoms with E-state index in [1.165, 1.54) is 38.5 Å². The van der Waals surface area contributed by atoms with Crippen LogP contribution in [0.3, 0.4) is 0 Å². The van der Waals surface area contributed by atoms with E-state index in [1.54, 1.807) is 0 Å². The lowest BCUT2D eigenvalue weighted by atomic mass is 9.44. The largest absolute Gasteiger partial charge is 0.396 e. The third-order valence-electron chi connectivity index (χ3n) is 11.5. The number of aliphatic hydroxyl groups excluding tert-OH is 2. The van der Waals surface area contributed by atoms with E-state index < -0.39 is 0 Å². The lowest BCUT2D eigenvalue weighted by Gasteiger charge is -2.61. The van der Waals surface area contributed by atoms with Crippen LogP contribution >= 0.6 is 0 Å². The molecule has 0 aromatic heterocycles. The average Bonchev–Trinajstić information content (AvgIpc) is 3.20. The fourth-order valence-corrected chi connectivity index (χ4v) is 9.79. The number of hydrogen-bond acceptors (Lipinski definition) is 3. The summed E-state index contributed by atoms with van der Waals surface area (Å²) in [6.07, 6.45) is 13.2. The van der Waals surface area contributed by atoms with Crippen LogP contribution < -0.4 is 0 Å². The third-order valence-corrected chi connectivity index (χ3v) is 11.5. The average molecular weight is 419 g/mol. The molecule has 3 nitrogen and oxygen atoms in total. The quantitative estimate of drug-likeness (QED) is 0.640. The van der Waals surface area contributed by atoms with Crippen molar-refractivity contribution in [3.63, 3.8) is 0 Å². The van der Waals surface area contributed by atoms with Gasteiger partial charge in [-0.1, -0.05) is 27.7 Å². The van der Waals surface area contributed by atoms with Crippen molar-refractivity contribution in [2.24, 2.45) is 52.3 Å². The Hall–Kier alpha value is -0.120. The van der Waals surface area contributed by atoms with Crippen LogP contribution in [0.5, 0.6) is 0 Å². The number of rotatable bonds is 4. The molecule has 30 heavy (non-hydrogen) atoms. The van der Waals surface area contributed by atoms with Crippen molar-refractivity contribution in [1.82, 2.24) is 0 Å². The highest BCUT2D eigenvalue weighted by molar-refractivity contribution is 5.14. The molecule has 12 atom stereocenters.